The number of aliphatic hydroxyl groups excluding tert-OH is 1. The first-order valence-electron chi connectivity index (χ1n) is 7.80. The summed E-state index contributed by atoms with van der Waals surface area (Å²) in [5, 5.41) is 10.4. The fourth-order valence-corrected chi connectivity index (χ4v) is 3.55. The molecule has 0 aromatic heterocycles. The number of hydrogen-bond donors (Lipinski definition) is 1. The van der Waals surface area contributed by atoms with E-state index in [1.54, 1.807) is 7.11 Å². The van der Waals surface area contributed by atoms with Gasteiger partial charge in [0.1, 0.15) is 17.6 Å². The summed E-state index contributed by atoms with van der Waals surface area (Å²) in [7, 11) is 1.66. The Kier molecular flexibility index (Phi) is 4.16. The Hall–Kier alpha value is -1.22. The predicted molar refractivity (Wildman–Crippen MR) is 78.2 cm³/mol. The Morgan fingerprint density at radius 2 is 1.90 bits per heavy atom. The highest BCUT2D eigenvalue weighted by atomic mass is 16.5. The second kappa shape index (κ2) is 6.04. The largest absolute Gasteiger partial charge is 0.497 e. The molecule has 2 atom stereocenters. The molecule has 2 aliphatic rings. The summed E-state index contributed by atoms with van der Waals surface area (Å²) in [5.41, 5.74) is 0.899. The Bertz CT molecular complexity index is 450. The number of methoxy groups -OCH3 is 1. The number of aliphatic hydroxyl groups is 1. The zero-order chi connectivity index (χ0) is 13.9. The highest BCUT2D eigenvalue weighted by Crippen LogP contribution is 2.41. The van der Waals surface area contributed by atoms with Crippen LogP contribution in [0, 0.1) is 5.92 Å². The minimum atomic E-state index is -0.405. The maximum absolute atomic E-state index is 10.4. The quantitative estimate of drug-likeness (QED) is 0.834. The third-order valence-electron chi connectivity index (χ3n) is 4.74. The molecule has 20 heavy (non-hydrogen) atoms. The van der Waals surface area contributed by atoms with Crippen molar-refractivity contribution in [2.24, 2.45) is 5.92 Å². The fourth-order valence-electron chi connectivity index (χ4n) is 3.55. The second-order valence-corrected chi connectivity index (χ2v) is 6.06. The maximum Gasteiger partial charge on any atom is 0.129 e. The van der Waals surface area contributed by atoms with E-state index in [1.165, 1.54) is 38.5 Å². The van der Waals surface area contributed by atoms with E-state index in [-0.39, 0.29) is 6.10 Å². The number of ether oxygens (including phenoxy) is 2. The molecule has 1 heterocycles. The average molecular weight is 276 g/mol. The second-order valence-electron chi connectivity index (χ2n) is 6.06. The minimum Gasteiger partial charge on any atom is -0.497 e. The normalized spacial score (nSPS) is 27.3. The van der Waals surface area contributed by atoms with Gasteiger partial charge in [-0.05, 0) is 30.9 Å². The standard InChI is InChI=1S/C17H24O3/c1-19-13-8-9-14-15(18)11-16(20-17(14)10-13)12-6-4-2-3-5-7-12/h8-10,12,15-16,18H,2-7,11H2,1H3/t15-,16?/m0/s1. The lowest BCUT2D eigenvalue weighted by Crippen LogP contribution is -2.32. The molecule has 0 spiro atoms. The van der Waals surface area contributed by atoms with E-state index in [9.17, 15) is 5.11 Å². The van der Waals surface area contributed by atoms with Gasteiger partial charge in [0.25, 0.3) is 0 Å². The number of benzene rings is 1. The van der Waals surface area contributed by atoms with Gasteiger partial charge in [0.15, 0.2) is 0 Å². The topological polar surface area (TPSA) is 38.7 Å². The number of fused-ring (bicyclic) bond motifs is 1. The minimum absolute atomic E-state index is 0.155. The Morgan fingerprint density at radius 1 is 1.15 bits per heavy atom. The van der Waals surface area contributed by atoms with Crippen LogP contribution >= 0.6 is 0 Å². The van der Waals surface area contributed by atoms with Gasteiger partial charge in [-0.3, -0.25) is 0 Å². The summed E-state index contributed by atoms with van der Waals surface area (Å²) in [6.07, 6.45) is 8.22. The van der Waals surface area contributed by atoms with Crippen LogP contribution in [-0.4, -0.2) is 18.3 Å². The van der Waals surface area contributed by atoms with Crippen molar-refractivity contribution in [2.75, 3.05) is 7.11 Å². The Balaban J connectivity index is 1.79. The zero-order valence-electron chi connectivity index (χ0n) is 12.2. The Labute approximate surface area is 120 Å². The van der Waals surface area contributed by atoms with Gasteiger partial charge in [0.2, 0.25) is 0 Å². The summed E-state index contributed by atoms with van der Waals surface area (Å²) in [4.78, 5) is 0. The molecule has 1 aromatic rings. The average Bonchev–Trinajstić information content (AvgIpc) is 2.75. The molecule has 1 fully saturated rings. The van der Waals surface area contributed by atoms with Crippen molar-refractivity contribution in [3.8, 4) is 11.5 Å². The van der Waals surface area contributed by atoms with Gasteiger partial charge in [0, 0.05) is 18.1 Å². The predicted octanol–water partition coefficient (Wildman–Crippen LogP) is 3.85. The summed E-state index contributed by atoms with van der Waals surface area (Å²) in [6.45, 7) is 0. The monoisotopic (exact) mass is 276 g/mol. The highest BCUT2D eigenvalue weighted by molar-refractivity contribution is 5.43. The van der Waals surface area contributed by atoms with Crippen LogP contribution in [0.2, 0.25) is 0 Å². The van der Waals surface area contributed by atoms with E-state index in [4.69, 9.17) is 9.47 Å². The lowest BCUT2D eigenvalue weighted by atomic mass is 9.87. The molecule has 1 N–H and O–H groups in total. The highest BCUT2D eigenvalue weighted by Gasteiger charge is 2.32. The van der Waals surface area contributed by atoms with Crippen LogP contribution in [0.5, 0.6) is 11.5 Å². The molecule has 0 bridgehead atoms. The molecule has 3 nitrogen and oxygen atoms in total. The summed E-state index contributed by atoms with van der Waals surface area (Å²) < 4.78 is 11.5. The van der Waals surface area contributed by atoms with Crippen molar-refractivity contribution in [3.63, 3.8) is 0 Å². The molecule has 0 amide bonds. The molecular weight excluding hydrogens is 252 g/mol. The van der Waals surface area contributed by atoms with Gasteiger partial charge in [-0.1, -0.05) is 25.7 Å². The van der Waals surface area contributed by atoms with Crippen LogP contribution in [-0.2, 0) is 0 Å². The van der Waals surface area contributed by atoms with Gasteiger partial charge in [-0.25, -0.2) is 0 Å². The first-order chi connectivity index (χ1) is 9.78. The zero-order valence-corrected chi connectivity index (χ0v) is 12.2. The van der Waals surface area contributed by atoms with E-state index in [1.807, 2.05) is 18.2 Å². The SMILES string of the molecule is COc1ccc2c(c1)OC(C1CCCCCC1)C[C@@H]2O. The molecule has 3 heteroatoms. The van der Waals surface area contributed by atoms with Gasteiger partial charge >= 0.3 is 0 Å². The van der Waals surface area contributed by atoms with Crippen LogP contribution in [0.25, 0.3) is 0 Å². The summed E-state index contributed by atoms with van der Waals surface area (Å²) in [5.74, 6) is 2.18. The lowest BCUT2D eigenvalue weighted by molar-refractivity contribution is 0.0295. The van der Waals surface area contributed by atoms with E-state index in [0.29, 0.717) is 5.92 Å². The molecule has 1 aromatic carbocycles. The van der Waals surface area contributed by atoms with Crippen LogP contribution < -0.4 is 9.47 Å². The molecule has 1 aliphatic heterocycles. The van der Waals surface area contributed by atoms with E-state index in [2.05, 4.69) is 0 Å². The molecule has 1 unspecified atom stereocenters. The Morgan fingerprint density at radius 3 is 2.60 bits per heavy atom. The van der Waals surface area contributed by atoms with Gasteiger partial charge in [-0.15, -0.1) is 0 Å². The first-order valence-corrected chi connectivity index (χ1v) is 7.80. The van der Waals surface area contributed by atoms with Crippen molar-refractivity contribution in [2.45, 2.75) is 57.2 Å². The van der Waals surface area contributed by atoms with Crippen LogP contribution in [0.1, 0.15) is 56.6 Å². The molecule has 0 saturated heterocycles. The third kappa shape index (κ3) is 2.78. The molecule has 1 saturated carbocycles. The smallest absolute Gasteiger partial charge is 0.129 e. The maximum atomic E-state index is 10.4. The molecule has 1 aliphatic carbocycles. The molecule has 110 valence electrons. The molecule has 0 radical (unpaired) electrons. The van der Waals surface area contributed by atoms with Crippen molar-refractivity contribution in [1.29, 1.82) is 0 Å². The van der Waals surface area contributed by atoms with Crippen molar-refractivity contribution < 1.29 is 14.6 Å². The van der Waals surface area contributed by atoms with Crippen LogP contribution in [0.3, 0.4) is 0 Å². The summed E-state index contributed by atoms with van der Waals surface area (Å²) >= 11 is 0. The first kappa shape index (κ1) is 13.7. The van der Waals surface area contributed by atoms with E-state index >= 15 is 0 Å². The van der Waals surface area contributed by atoms with Crippen molar-refractivity contribution >= 4 is 0 Å². The third-order valence-corrected chi connectivity index (χ3v) is 4.74. The molecule has 3 rings (SSSR count). The van der Waals surface area contributed by atoms with Crippen molar-refractivity contribution in [1.82, 2.24) is 0 Å². The van der Waals surface area contributed by atoms with Gasteiger partial charge in [0.05, 0.1) is 13.2 Å². The van der Waals surface area contributed by atoms with Gasteiger partial charge in [-0.2, -0.15) is 0 Å². The van der Waals surface area contributed by atoms with Crippen molar-refractivity contribution in [3.05, 3.63) is 23.8 Å². The van der Waals surface area contributed by atoms with Crippen LogP contribution in [0.4, 0.5) is 0 Å². The molecular formula is C17H24O3. The van der Waals surface area contributed by atoms with E-state index in [0.717, 1.165) is 23.5 Å². The van der Waals surface area contributed by atoms with Crippen LogP contribution in [0.15, 0.2) is 18.2 Å². The fraction of sp³-hybridized carbons (Fsp3) is 0.647. The lowest BCUT2D eigenvalue weighted by Gasteiger charge is -2.34. The van der Waals surface area contributed by atoms with Gasteiger partial charge < -0.3 is 14.6 Å². The number of rotatable bonds is 2. The summed E-state index contributed by atoms with van der Waals surface area (Å²) in [6, 6.07) is 5.71. The van der Waals surface area contributed by atoms with E-state index < -0.39 is 6.10 Å². The number of hydrogen-bond acceptors (Lipinski definition) is 3.